The molecule has 0 bridgehead atoms. The van der Waals surface area contributed by atoms with Gasteiger partial charge in [0.15, 0.2) is 0 Å². The van der Waals surface area contributed by atoms with Crippen LogP contribution in [0.1, 0.15) is 18.1 Å². The van der Waals surface area contributed by atoms with E-state index in [1.807, 2.05) is 43.3 Å². The first kappa shape index (κ1) is 20.1. The van der Waals surface area contributed by atoms with Crippen molar-refractivity contribution < 1.29 is 13.2 Å². The summed E-state index contributed by atoms with van der Waals surface area (Å²) in [4.78, 5) is 12.2. The average Bonchev–Trinajstić information content (AvgIpc) is 2.60. The number of para-hydroxylation sites is 1. The quantitative estimate of drug-likeness (QED) is 0.534. The molecule has 0 unspecified atom stereocenters. The minimum absolute atomic E-state index is 0.344. The minimum Gasteiger partial charge on any atom is -0.271 e. The molecular weight excluding hydrogens is 418 g/mol. The van der Waals surface area contributed by atoms with E-state index in [2.05, 4.69) is 26.5 Å². The molecule has 0 aliphatic carbocycles. The summed E-state index contributed by atoms with van der Waals surface area (Å²) in [6.07, 6.45) is 3.23. The average molecular weight is 438 g/mol. The molecule has 0 heterocycles. The van der Waals surface area contributed by atoms with E-state index in [-0.39, 0.29) is 6.54 Å². The van der Waals surface area contributed by atoms with E-state index in [0.29, 0.717) is 12.1 Å². The Morgan fingerprint density at radius 2 is 1.85 bits per heavy atom. The Morgan fingerprint density at radius 1 is 1.19 bits per heavy atom. The predicted octanol–water partition coefficient (Wildman–Crippen LogP) is 2.93. The monoisotopic (exact) mass is 437 g/mol. The summed E-state index contributed by atoms with van der Waals surface area (Å²) in [5.41, 5.74) is 4.52. The number of sulfonamides is 1. The minimum atomic E-state index is -3.62. The molecule has 2 aromatic carbocycles. The molecule has 0 spiro atoms. The fourth-order valence-corrected chi connectivity index (χ4v) is 3.63. The number of amides is 1. The third kappa shape index (κ3) is 5.40. The van der Waals surface area contributed by atoms with E-state index < -0.39 is 15.9 Å². The van der Waals surface area contributed by atoms with Crippen LogP contribution in [0.25, 0.3) is 0 Å². The summed E-state index contributed by atoms with van der Waals surface area (Å²) in [5.74, 6) is -0.523. The van der Waals surface area contributed by atoms with Crippen LogP contribution in [0.15, 0.2) is 58.1 Å². The number of aryl methyl sites for hydroxylation is 1. The fraction of sp³-hybridized carbons (Fsp3) is 0.222. The number of hydrogen-bond donors (Lipinski definition) is 1. The Kier molecular flexibility index (Phi) is 6.93. The van der Waals surface area contributed by atoms with Crippen molar-refractivity contribution in [2.75, 3.05) is 17.1 Å². The largest absolute Gasteiger partial charge is 0.271 e. The van der Waals surface area contributed by atoms with Gasteiger partial charge in [-0.05, 0) is 24.1 Å². The Balaban J connectivity index is 2.14. The summed E-state index contributed by atoms with van der Waals surface area (Å²) < 4.78 is 26.3. The fourth-order valence-electron chi connectivity index (χ4n) is 2.35. The number of hydrogen-bond acceptors (Lipinski definition) is 4. The smallest absolute Gasteiger partial charge is 0.260 e. The maximum Gasteiger partial charge on any atom is 0.260 e. The molecule has 0 aliphatic rings. The van der Waals surface area contributed by atoms with Crippen molar-refractivity contribution in [2.24, 2.45) is 5.10 Å². The second kappa shape index (κ2) is 8.95. The molecular formula is C18H20BrN3O3S. The highest BCUT2D eigenvalue weighted by Gasteiger charge is 2.22. The second-order valence-corrected chi connectivity index (χ2v) is 8.33. The first-order valence-electron chi connectivity index (χ1n) is 7.95. The van der Waals surface area contributed by atoms with Crippen LogP contribution in [0.4, 0.5) is 5.69 Å². The number of rotatable bonds is 7. The highest BCUT2D eigenvalue weighted by atomic mass is 79.9. The van der Waals surface area contributed by atoms with Crippen LogP contribution >= 0.6 is 15.9 Å². The van der Waals surface area contributed by atoms with Crippen molar-refractivity contribution in [2.45, 2.75) is 13.3 Å². The number of carbonyl (C=O) groups is 1. The number of halogens is 1. The lowest BCUT2D eigenvalue weighted by molar-refractivity contribution is -0.119. The first-order chi connectivity index (χ1) is 12.3. The molecule has 1 N–H and O–H groups in total. The van der Waals surface area contributed by atoms with Gasteiger partial charge in [0.2, 0.25) is 10.0 Å². The van der Waals surface area contributed by atoms with E-state index in [0.717, 1.165) is 26.2 Å². The maximum atomic E-state index is 12.2. The molecule has 2 rings (SSSR count). The standard InChI is InChI=1S/C18H20BrN3O3S/c1-3-14-8-5-7-11-17(14)22(26(2,24)25)13-18(23)21-20-12-15-9-4-6-10-16(15)19/h4-12H,3,13H2,1-2H3,(H,21,23)/b20-12-. The highest BCUT2D eigenvalue weighted by molar-refractivity contribution is 9.10. The number of carbonyl (C=O) groups excluding carboxylic acids is 1. The van der Waals surface area contributed by atoms with Crippen LogP contribution in [0.2, 0.25) is 0 Å². The zero-order chi connectivity index (χ0) is 19.2. The van der Waals surface area contributed by atoms with Crippen LogP contribution in [-0.4, -0.2) is 33.3 Å². The molecule has 0 radical (unpaired) electrons. The van der Waals surface area contributed by atoms with E-state index in [1.165, 1.54) is 6.21 Å². The van der Waals surface area contributed by atoms with Crippen molar-refractivity contribution in [3.8, 4) is 0 Å². The number of anilines is 1. The zero-order valence-corrected chi connectivity index (χ0v) is 16.9. The predicted molar refractivity (Wildman–Crippen MR) is 108 cm³/mol. The normalized spacial score (nSPS) is 11.5. The van der Waals surface area contributed by atoms with Gasteiger partial charge in [-0.1, -0.05) is 59.3 Å². The van der Waals surface area contributed by atoms with Crippen molar-refractivity contribution >= 4 is 43.8 Å². The van der Waals surface area contributed by atoms with Gasteiger partial charge >= 0.3 is 0 Å². The molecule has 0 aliphatic heterocycles. The molecule has 6 nitrogen and oxygen atoms in total. The van der Waals surface area contributed by atoms with E-state index in [1.54, 1.807) is 12.1 Å². The van der Waals surface area contributed by atoms with Crippen LogP contribution in [-0.2, 0) is 21.2 Å². The third-order valence-corrected chi connectivity index (χ3v) is 5.48. The van der Waals surface area contributed by atoms with Crippen LogP contribution in [0, 0.1) is 0 Å². The van der Waals surface area contributed by atoms with Gasteiger partial charge in [0.05, 0.1) is 18.2 Å². The van der Waals surface area contributed by atoms with E-state index in [9.17, 15) is 13.2 Å². The summed E-state index contributed by atoms with van der Waals surface area (Å²) in [5, 5.41) is 3.90. The van der Waals surface area contributed by atoms with Crippen LogP contribution < -0.4 is 9.73 Å². The molecule has 0 saturated carbocycles. The SMILES string of the molecule is CCc1ccccc1N(CC(=O)N/N=C\c1ccccc1Br)S(C)(=O)=O. The number of benzene rings is 2. The van der Waals surface area contributed by atoms with Crippen molar-refractivity contribution in [3.63, 3.8) is 0 Å². The zero-order valence-electron chi connectivity index (χ0n) is 14.5. The van der Waals surface area contributed by atoms with Crippen molar-refractivity contribution in [3.05, 3.63) is 64.1 Å². The first-order valence-corrected chi connectivity index (χ1v) is 10.6. The van der Waals surface area contributed by atoms with Crippen molar-refractivity contribution in [1.82, 2.24) is 5.43 Å². The molecule has 1 amide bonds. The second-order valence-electron chi connectivity index (χ2n) is 5.57. The molecule has 138 valence electrons. The summed E-state index contributed by atoms with van der Waals surface area (Å²) in [6.45, 7) is 1.59. The number of nitrogens with one attached hydrogen (secondary N) is 1. The molecule has 0 fully saturated rings. The highest BCUT2D eigenvalue weighted by Crippen LogP contribution is 2.23. The summed E-state index contributed by atoms with van der Waals surface area (Å²) >= 11 is 3.38. The van der Waals surface area contributed by atoms with Gasteiger partial charge in [-0.25, -0.2) is 13.8 Å². The number of nitrogens with zero attached hydrogens (tertiary/aromatic N) is 2. The molecule has 26 heavy (non-hydrogen) atoms. The molecule has 0 aromatic heterocycles. The molecule has 0 saturated heterocycles. The van der Waals surface area contributed by atoms with Gasteiger partial charge in [-0.2, -0.15) is 5.10 Å². The maximum absolute atomic E-state index is 12.2. The lowest BCUT2D eigenvalue weighted by Gasteiger charge is -2.23. The van der Waals surface area contributed by atoms with Crippen molar-refractivity contribution in [1.29, 1.82) is 0 Å². The van der Waals surface area contributed by atoms with Gasteiger partial charge < -0.3 is 0 Å². The third-order valence-electron chi connectivity index (χ3n) is 3.63. The van der Waals surface area contributed by atoms with Gasteiger partial charge in [0.25, 0.3) is 5.91 Å². The van der Waals surface area contributed by atoms with E-state index in [4.69, 9.17) is 0 Å². The molecule has 0 atom stereocenters. The Hall–Kier alpha value is -2.19. The topological polar surface area (TPSA) is 78.8 Å². The Bertz CT molecular complexity index is 913. The summed E-state index contributed by atoms with van der Waals surface area (Å²) in [7, 11) is -3.62. The summed E-state index contributed by atoms with van der Waals surface area (Å²) in [6, 6.07) is 14.5. The van der Waals surface area contributed by atoms with Crippen LogP contribution in [0.3, 0.4) is 0 Å². The van der Waals surface area contributed by atoms with E-state index >= 15 is 0 Å². The van der Waals surface area contributed by atoms with Gasteiger partial charge in [-0.3, -0.25) is 9.10 Å². The Morgan fingerprint density at radius 3 is 2.50 bits per heavy atom. The molecule has 2 aromatic rings. The van der Waals surface area contributed by atoms with Gasteiger partial charge in [0.1, 0.15) is 6.54 Å². The van der Waals surface area contributed by atoms with Gasteiger partial charge in [0, 0.05) is 10.0 Å². The van der Waals surface area contributed by atoms with Gasteiger partial charge in [-0.15, -0.1) is 0 Å². The lowest BCUT2D eigenvalue weighted by Crippen LogP contribution is -2.39. The molecule has 8 heteroatoms. The Labute approximate surface area is 162 Å². The lowest BCUT2D eigenvalue weighted by atomic mass is 10.1. The number of hydrazone groups is 1. The van der Waals surface area contributed by atoms with Crippen LogP contribution in [0.5, 0.6) is 0 Å².